The summed E-state index contributed by atoms with van der Waals surface area (Å²) in [5.41, 5.74) is 0.159. The van der Waals surface area contributed by atoms with Crippen LogP contribution in [0.4, 0.5) is 13.2 Å². The highest BCUT2D eigenvalue weighted by Gasteiger charge is 2.27. The van der Waals surface area contributed by atoms with Gasteiger partial charge >= 0.3 is 6.18 Å². The van der Waals surface area contributed by atoms with Crippen molar-refractivity contribution in [2.75, 3.05) is 26.3 Å². The smallest absolute Gasteiger partial charge is 0.372 e. The van der Waals surface area contributed by atoms with Gasteiger partial charge < -0.3 is 10.1 Å². The fraction of sp³-hybridized carbons (Fsp3) is 1.00. The molecular formula is C13H26F3NO. The molecule has 0 aliphatic heterocycles. The Morgan fingerprint density at radius 2 is 1.78 bits per heavy atom. The lowest BCUT2D eigenvalue weighted by atomic mass is 9.81. The van der Waals surface area contributed by atoms with E-state index in [0.29, 0.717) is 6.42 Å². The van der Waals surface area contributed by atoms with Crippen LogP contribution >= 0.6 is 0 Å². The molecule has 0 aliphatic carbocycles. The van der Waals surface area contributed by atoms with Crippen LogP contribution in [0, 0.1) is 5.41 Å². The lowest BCUT2D eigenvalue weighted by molar-refractivity contribution is -0.174. The predicted molar refractivity (Wildman–Crippen MR) is 67.7 cm³/mol. The van der Waals surface area contributed by atoms with Crippen LogP contribution in [0.15, 0.2) is 0 Å². The van der Waals surface area contributed by atoms with E-state index in [4.69, 9.17) is 0 Å². The molecule has 5 heteroatoms. The molecule has 0 fully saturated rings. The zero-order chi connectivity index (χ0) is 14.1. The average molecular weight is 269 g/mol. The molecule has 0 amide bonds. The summed E-state index contributed by atoms with van der Waals surface area (Å²) in [7, 11) is 0. The van der Waals surface area contributed by atoms with Crippen LogP contribution in [0.5, 0.6) is 0 Å². The first-order chi connectivity index (χ1) is 8.33. The topological polar surface area (TPSA) is 21.3 Å². The van der Waals surface area contributed by atoms with E-state index in [-0.39, 0.29) is 12.0 Å². The second-order valence-electron chi connectivity index (χ2n) is 5.11. The van der Waals surface area contributed by atoms with Crippen molar-refractivity contribution in [2.24, 2.45) is 5.41 Å². The van der Waals surface area contributed by atoms with E-state index in [1.807, 2.05) is 0 Å². The van der Waals surface area contributed by atoms with Gasteiger partial charge in [-0.25, -0.2) is 0 Å². The summed E-state index contributed by atoms with van der Waals surface area (Å²) in [6.45, 7) is 7.25. The van der Waals surface area contributed by atoms with Gasteiger partial charge in [0.1, 0.15) is 6.61 Å². The van der Waals surface area contributed by atoms with E-state index in [1.54, 1.807) is 0 Å². The van der Waals surface area contributed by atoms with Gasteiger partial charge in [0.05, 0.1) is 0 Å². The first-order valence-electron chi connectivity index (χ1n) is 6.68. The number of hydrogen-bond acceptors (Lipinski definition) is 2. The lowest BCUT2D eigenvalue weighted by Crippen LogP contribution is -2.32. The molecule has 0 heterocycles. The van der Waals surface area contributed by atoms with Gasteiger partial charge in [0.2, 0.25) is 0 Å². The van der Waals surface area contributed by atoms with Crippen LogP contribution in [0.2, 0.25) is 0 Å². The van der Waals surface area contributed by atoms with Gasteiger partial charge in [0, 0.05) is 13.2 Å². The van der Waals surface area contributed by atoms with Crippen molar-refractivity contribution in [1.82, 2.24) is 5.32 Å². The average Bonchev–Trinajstić information content (AvgIpc) is 2.25. The Balaban J connectivity index is 3.82. The monoisotopic (exact) mass is 269 g/mol. The number of ether oxygens (including phenoxy) is 1. The number of rotatable bonds is 10. The quantitative estimate of drug-likeness (QED) is 0.610. The molecule has 0 bridgehead atoms. The Morgan fingerprint density at radius 1 is 1.11 bits per heavy atom. The summed E-state index contributed by atoms with van der Waals surface area (Å²) < 4.78 is 40.2. The highest BCUT2D eigenvalue weighted by molar-refractivity contribution is 4.76. The number of nitrogens with one attached hydrogen (secondary N) is 1. The van der Waals surface area contributed by atoms with Gasteiger partial charge in [-0.1, -0.05) is 27.2 Å². The van der Waals surface area contributed by atoms with E-state index in [2.05, 4.69) is 30.8 Å². The van der Waals surface area contributed by atoms with E-state index < -0.39 is 12.8 Å². The molecule has 0 radical (unpaired) electrons. The molecule has 1 N–H and O–H groups in total. The summed E-state index contributed by atoms with van der Waals surface area (Å²) >= 11 is 0. The summed E-state index contributed by atoms with van der Waals surface area (Å²) in [4.78, 5) is 0. The molecule has 0 aliphatic rings. The third-order valence-corrected chi connectivity index (χ3v) is 2.99. The first-order valence-corrected chi connectivity index (χ1v) is 6.68. The molecule has 0 aromatic heterocycles. The highest BCUT2D eigenvalue weighted by Crippen LogP contribution is 2.28. The van der Waals surface area contributed by atoms with Gasteiger partial charge in [0.25, 0.3) is 0 Å². The van der Waals surface area contributed by atoms with Gasteiger partial charge in [0.15, 0.2) is 0 Å². The maximum Gasteiger partial charge on any atom is 0.411 e. The van der Waals surface area contributed by atoms with Crippen LogP contribution in [0.3, 0.4) is 0 Å². The van der Waals surface area contributed by atoms with Crippen LogP contribution in [0.1, 0.15) is 46.5 Å². The first kappa shape index (κ1) is 17.7. The number of hydrogen-bond donors (Lipinski definition) is 1. The van der Waals surface area contributed by atoms with Crippen molar-refractivity contribution in [3.8, 4) is 0 Å². The molecule has 1 atom stereocenters. The van der Waals surface area contributed by atoms with Crippen molar-refractivity contribution in [1.29, 1.82) is 0 Å². The zero-order valence-corrected chi connectivity index (χ0v) is 11.7. The Bertz CT molecular complexity index is 209. The molecule has 0 aromatic carbocycles. The summed E-state index contributed by atoms with van der Waals surface area (Å²) in [6, 6.07) is 0. The minimum atomic E-state index is -4.21. The molecule has 0 saturated carbocycles. The second kappa shape index (κ2) is 8.75. The van der Waals surface area contributed by atoms with E-state index in [0.717, 1.165) is 32.4 Å². The summed E-state index contributed by atoms with van der Waals surface area (Å²) in [5, 5.41) is 3.32. The minimum absolute atomic E-state index is 0.159. The molecule has 2 nitrogen and oxygen atoms in total. The predicted octanol–water partition coefficient (Wildman–Crippen LogP) is 3.76. The third-order valence-electron chi connectivity index (χ3n) is 2.99. The minimum Gasteiger partial charge on any atom is -0.372 e. The van der Waals surface area contributed by atoms with Crippen LogP contribution in [-0.2, 0) is 4.74 Å². The molecule has 0 spiro atoms. The van der Waals surface area contributed by atoms with Crippen LogP contribution < -0.4 is 5.32 Å². The Morgan fingerprint density at radius 3 is 2.28 bits per heavy atom. The normalized spacial score (nSPS) is 15.7. The molecule has 0 rings (SSSR count). The van der Waals surface area contributed by atoms with Gasteiger partial charge in [-0.05, 0) is 31.2 Å². The fourth-order valence-corrected chi connectivity index (χ4v) is 2.12. The largest absolute Gasteiger partial charge is 0.411 e. The van der Waals surface area contributed by atoms with E-state index in [1.165, 1.54) is 0 Å². The summed E-state index contributed by atoms with van der Waals surface area (Å²) in [6.07, 6.45) is -0.468. The van der Waals surface area contributed by atoms with Crippen LogP contribution in [0.25, 0.3) is 0 Å². The third kappa shape index (κ3) is 9.71. The molecule has 0 saturated heterocycles. The SMILES string of the molecule is CCCC(C)(CCCOCC(F)(F)F)CNCC. The molecule has 110 valence electrons. The van der Waals surface area contributed by atoms with Crippen molar-refractivity contribution in [2.45, 2.75) is 52.6 Å². The highest BCUT2D eigenvalue weighted by atomic mass is 19.4. The lowest BCUT2D eigenvalue weighted by Gasteiger charge is -2.29. The Labute approximate surface area is 108 Å². The molecular weight excluding hydrogens is 243 g/mol. The number of halogens is 3. The van der Waals surface area contributed by atoms with Gasteiger partial charge in [-0.15, -0.1) is 0 Å². The maximum absolute atomic E-state index is 11.9. The molecule has 1 unspecified atom stereocenters. The standard InChI is InChI=1S/C13H26F3NO/c1-4-7-12(3,10-17-5-2)8-6-9-18-11-13(14,15)16/h17H,4-11H2,1-3H3. The van der Waals surface area contributed by atoms with Crippen molar-refractivity contribution >= 4 is 0 Å². The Kier molecular flexibility index (Phi) is 8.61. The Hall–Kier alpha value is -0.290. The van der Waals surface area contributed by atoms with Crippen LogP contribution in [-0.4, -0.2) is 32.5 Å². The number of alkyl halides is 3. The second-order valence-corrected chi connectivity index (χ2v) is 5.11. The van der Waals surface area contributed by atoms with Gasteiger partial charge in [-0.2, -0.15) is 13.2 Å². The van der Waals surface area contributed by atoms with Crippen molar-refractivity contribution in [3.63, 3.8) is 0 Å². The molecule has 0 aromatic rings. The molecule has 18 heavy (non-hydrogen) atoms. The zero-order valence-electron chi connectivity index (χ0n) is 11.7. The van der Waals surface area contributed by atoms with Crippen molar-refractivity contribution < 1.29 is 17.9 Å². The van der Waals surface area contributed by atoms with E-state index in [9.17, 15) is 13.2 Å². The summed E-state index contributed by atoms with van der Waals surface area (Å²) in [5.74, 6) is 0. The maximum atomic E-state index is 11.9. The fourth-order valence-electron chi connectivity index (χ4n) is 2.12. The van der Waals surface area contributed by atoms with Gasteiger partial charge in [-0.3, -0.25) is 0 Å². The van der Waals surface area contributed by atoms with Crippen molar-refractivity contribution in [3.05, 3.63) is 0 Å². The van der Waals surface area contributed by atoms with E-state index >= 15 is 0 Å².